The van der Waals surface area contributed by atoms with Crippen LogP contribution in [0.3, 0.4) is 0 Å². The van der Waals surface area contributed by atoms with Crippen molar-refractivity contribution in [2.75, 3.05) is 132 Å². The smallest absolute Gasteiger partial charge is 0.328 e. The molecule has 634 valence electrons. The Hall–Kier alpha value is -12.1. The van der Waals surface area contributed by atoms with Gasteiger partial charge in [0.1, 0.15) is 76.2 Å². The Morgan fingerprint density at radius 2 is 0.850 bits per heavy atom. The van der Waals surface area contributed by atoms with Crippen LogP contribution < -0.4 is 36.0 Å². The molecule has 6 aliphatic heterocycles. The minimum absolute atomic E-state index is 0.00502. The van der Waals surface area contributed by atoms with Gasteiger partial charge in [-0.25, -0.2) is 44.3 Å². The van der Waals surface area contributed by atoms with Crippen molar-refractivity contribution in [1.29, 1.82) is 15.8 Å². The Morgan fingerprint density at radius 1 is 0.492 bits per heavy atom. The minimum Gasteiger partial charge on any atom is -0.385 e. The van der Waals surface area contributed by atoms with E-state index < -0.39 is 24.1 Å². The lowest BCUT2D eigenvalue weighted by molar-refractivity contribution is -0.142. The number of ether oxygens (including phenoxy) is 3. The lowest BCUT2D eigenvalue weighted by Gasteiger charge is -2.31. The fraction of sp³-hybridized carbons (Fsp3) is 0.500. The van der Waals surface area contributed by atoms with E-state index in [1.165, 1.54) is 45.1 Å². The molecule has 0 aliphatic carbocycles. The number of nitrogens with one attached hydrogen (secondary N) is 4. The fourth-order valence-electron chi connectivity index (χ4n) is 16.1. The number of rotatable bonds is 28. The van der Waals surface area contributed by atoms with Crippen LogP contribution >= 0.6 is 0 Å². The normalized spacial score (nSPS) is 16.4. The molecule has 12 rings (SSSR count). The van der Waals surface area contributed by atoms with Gasteiger partial charge in [0.25, 0.3) is 0 Å². The summed E-state index contributed by atoms with van der Waals surface area (Å²) in [5, 5.41) is 39.9. The molecule has 120 heavy (non-hydrogen) atoms. The van der Waals surface area contributed by atoms with Crippen LogP contribution in [-0.2, 0) is 91.5 Å². The molecule has 0 bridgehead atoms. The van der Waals surface area contributed by atoms with Gasteiger partial charge in [-0.05, 0) is 212 Å². The molecule has 0 spiro atoms. The number of hydrogen-bond donors (Lipinski definition) is 4. The zero-order valence-electron chi connectivity index (χ0n) is 69.9. The maximum atomic E-state index is 13.3. The van der Waals surface area contributed by atoms with E-state index in [-0.39, 0.29) is 78.5 Å². The van der Waals surface area contributed by atoms with Crippen molar-refractivity contribution >= 4 is 95.5 Å². The van der Waals surface area contributed by atoms with Gasteiger partial charge < -0.3 is 39.1 Å². The van der Waals surface area contributed by atoms with Crippen LogP contribution in [0.15, 0.2) is 55.0 Å². The lowest BCUT2D eigenvalue weighted by atomic mass is 10.0. The Labute approximate surface area is 699 Å². The van der Waals surface area contributed by atoms with E-state index >= 15 is 0 Å². The number of carbonyl (C=O) groups is 10. The third-order valence-corrected chi connectivity index (χ3v) is 22.2. The number of fused-ring (bicyclic) bond motifs is 3. The Bertz CT molecular complexity index is 4880. The summed E-state index contributed by atoms with van der Waals surface area (Å²) in [5.74, 6) is 1.97. The Balaban J connectivity index is 0.000000189. The first kappa shape index (κ1) is 90.2. The van der Waals surface area contributed by atoms with Crippen molar-refractivity contribution in [3.8, 4) is 18.2 Å². The number of aryl methyl sites for hydroxylation is 6. The van der Waals surface area contributed by atoms with E-state index in [9.17, 15) is 63.7 Å². The average molecular weight is 1640 g/mol. The Kier molecular flexibility index (Phi) is 32.7. The van der Waals surface area contributed by atoms with Crippen molar-refractivity contribution in [3.05, 3.63) is 139 Å². The molecule has 6 aromatic heterocycles. The molecule has 3 fully saturated rings. The summed E-state index contributed by atoms with van der Waals surface area (Å²) >= 11 is 0. The monoisotopic (exact) mass is 1640 g/mol. The minimum atomic E-state index is -0.502. The van der Waals surface area contributed by atoms with Crippen LogP contribution in [0.2, 0.25) is 0 Å². The fourth-order valence-corrected chi connectivity index (χ4v) is 16.1. The number of nitrogens with zero attached hydrogens (tertiary/aromatic N) is 17. The highest BCUT2D eigenvalue weighted by Gasteiger charge is 2.38. The van der Waals surface area contributed by atoms with E-state index in [1.54, 1.807) is 75.4 Å². The number of methoxy groups -OCH3 is 3. The lowest BCUT2D eigenvalue weighted by Crippen LogP contribution is -2.46. The summed E-state index contributed by atoms with van der Waals surface area (Å²) in [7, 11) is 10.0. The predicted molar refractivity (Wildman–Crippen MR) is 446 cm³/mol. The van der Waals surface area contributed by atoms with Crippen molar-refractivity contribution in [3.63, 3.8) is 0 Å². The molecule has 12 heterocycles. The van der Waals surface area contributed by atoms with Crippen LogP contribution in [0.25, 0.3) is 0 Å². The number of aromatic nitrogens is 6. The van der Waals surface area contributed by atoms with E-state index in [0.29, 0.717) is 185 Å². The summed E-state index contributed by atoms with van der Waals surface area (Å²) in [6.07, 6.45) is 19.6. The second kappa shape index (κ2) is 43.5. The summed E-state index contributed by atoms with van der Waals surface area (Å²) in [5.41, 5.74) is 8.67. The van der Waals surface area contributed by atoms with Gasteiger partial charge in [0.2, 0.25) is 23.6 Å². The molecule has 0 saturated carbocycles. The number of aldehydes is 3. The summed E-state index contributed by atoms with van der Waals surface area (Å²) < 4.78 is 15.3. The molecule has 3 saturated heterocycles. The van der Waals surface area contributed by atoms with Crippen molar-refractivity contribution in [1.82, 2.24) is 59.7 Å². The van der Waals surface area contributed by atoms with Crippen LogP contribution in [0, 0.1) is 34.0 Å². The summed E-state index contributed by atoms with van der Waals surface area (Å²) in [6.45, 7) is 11.6. The van der Waals surface area contributed by atoms with Gasteiger partial charge in [0.15, 0.2) is 18.9 Å². The molecular weight excluding hydrogens is 1540 g/mol. The maximum absolute atomic E-state index is 13.3. The number of amides is 10. The van der Waals surface area contributed by atoms with Gasteiger partial charge in [-0.1, -0.05) is 0 Å². The predicted octanol–water partition coefficient (Wildman–Crippen LogP) is 8.68. The first-order valence-electron chi connectivity index (χ1n) is 40.8. The molecule has 3 atom stereocenters. The van der Waals surface area contributed by atoms with E-state index in [1.807, 2.05) is 18.2 Å². The average Bonchev–Trinajstić information content (AvgIpc) is 0.795. The van der Waals surface area contributed by atoms with E-state index in [0.717, 1.165) is 111 Å². The van der Waals surface area contributed by atoms with Crippen molar-refractivity contribution in [2.45, 2.75) is 180 Å². The number of hydrogen-bond acceptors (Lipinski definition) is 24. The number of likely N-dealkylation sites (tertiary alicyclic amines) is 2. The summed E-state index contributed by atoms with van der Waals surface area (Å²) in [6, 6.07) is 15.3. The van der Waals surface area contributed by atoms with Gasteiger partial charge in [0, 0.05) is 156 Å². The highest BCUT2D eigenvalue weighted by molar-refractivity contribution is 6.04. The number of urea groups is 3. The van der Waals surface area contributed by atoms with E-state index in [4.69, 9.17) is 14.2 Å². The molecule has 34 nitrogen and oxygen atoms in total. The van der Waals surface area contributed by atoms with Gasteiger partial charge in [0.05, 0.1) is 28.8 Å². The SMILES string of the molecule is COCCCc1cc(NC(=O)N2CCCc3cc(CN(C)C(=O)[C@@H]4CCCN4C(C)=O)c(C=O)nc32)ncc1C#N.COCCCc1cc(NC(=O)N2CCCc3cc(CN(C)C(=O)[C@@H]4CCCN4C(C)C)c(C=O)nc32)ncc1C#N.COCCCc1cc(NC(=O)N2CCCc3cc(CN(C)C(=O)[C@H]4CCCN4)c(C=O)nc32)ncc1C#N. The second-order valence-electron chi connectivity index (χ2n) is 30.9. The Morgan fingerprint density at radius 3 is 1.18 bits per heavy atom. The molecule has 34 heteroatoms. The number of nitriles is 3. The molecule has 10 amide bonds. The zero-order valence-corrected chi connectivity index (χ0v) is 69.9. The molecule has 0 unspecified atom stereocenters. The highest BCUT2D eigenvalue weighted by Crippen LogP contribution is 2.34. The number of pyridine rings is 6. The molecule has 0 radical (unpaired) electrons. The largest absolute Gasteiger partial charge is 0.385 e. The zero-order chi connectivity index (χ0) is 86.1. The van der Waals surface area contributed by atoms with Gasteiger partial charge >= 0.3 is 18.1 Å². The van der Waals surface area contributed by atoms with Crippen LogP contribution in [0.4, 0.5) is 49.3 Å². The molecule has 6 aromatic rings. The molecule has 4 N–H and O–H groups in total. The van der Waals surface area contributed by atoms with Gasteiger partial charge in [-0.2, -0.15) is 15.8 Å². The molecule has 6 aliphatic rings. The number of likely N-dealkylation sites (N-methyl/N-ethyl adjacent to an activating group) is 3. The quantitative estimate of drug-likeness (QED) is 0.0263. The van der Waals surface area contributed by atoms with Gasteiger partial charge in [-0.3, -0.25) is 69.1 Å². The molecule has 0 aromatic carbocycles. The van der Waals surface area contributed by atoms with Gasteiger partial charge in [-0.15, -0.1) is 0 Å². The van der Waals surface area contributed by atoms with Crippen LogP contribution in [-0.4, -0.2) is 241 Å². The third-order valence-electron chi connectivity index (χ3n) is 22.2. The van der Waals surface area contributed by atoms with E-state index in [2.05, 4.69) is 88.1 Å². The topological polar surface area (TPSA) is 421 Å². The first-order valence-corrected chi connectivity index (χ1v) is 40.8. The number of carbonyl (C=O) groups excluding carboxylic acids is 10. The summed E-state index contributed by atoms with van der Waals surface area (Å²) in [4.78, 5) is 167. The maximum Gasteiger partial charge on any atom is 0.328 e. The van der Waals surface area contributed by atoms with Crippen molar-refractivity contribution in [2.24, 2.45) is 0 Å². The standard InChI is InChI=1S/C30H39N7O4.C29H35N7O5.C27H33N7O4/c1-20(2)36-11-6-10-26(36)29(39)35(3)18-23-14-22-8-5-12-37(28(22)33-25(23)19-38)30(40)34-27-15-21(9-7-13-41-4)24(16-31)17-32-27;1-19(38)35-10-5-9-25(35)28(39)34(2)17-22-13-21-7-4-11-36(27(21)32-24(22)18-37)29(40)33-26-14-20(8-6-12-41-3)23(15-30)16-31-26;1-33(26(36)22-8-3-9-29-22)16-20-12-19-6-4-10-34(25(19)31-23(20)17-35)27(37)32-24-13-18(7-5-11-38-2)21(14-28)15-30-24/h14-15,17,19-20,26H,5-13,18H2,1-4H3,(H,32,34,40);13-14,16,18,25H,4-12,17H2,1-3H3,(H,31,33,40);12-13,15,17,22,29H,3-11,16H2,1-2H3,(H,30,32,37)/t26-;25-;22-/m001/s1. The number of anilines is 6. The highest BCUT2D eigenvalue weighted by atomic mass is 16.5. The van der Waals surface area contributed by atoms with Crippen molar-refractivity contribution < 1.29 is 62.2 Å². The first-order chi connectivity index (χ1) is 58.0. The van der Waals surface area contributed by atoms with Crippen LogP contribution in [0.1, 0.15) is 196 Å². The molecular formula is C86H107N21O13. The second-order valence-corrected chi connectivity index (χ2v) is 30.9. The third kappa shape index (κ3) is 22.6. The van der Waals surface area contributed by atoms with Crippen LogP contribution in [0.5, 0.6) is 0 Å².